The summed E-state index contributed by atoms with van der Waals surface area (Å²) in [6.45, 7) is 5.09. The van der Waals surface area contributed by atoms with E-state index in [9.17, 15) is 4.79 Å². The predicted octanol–water partition coefficient (Wildman–Crippen LogP) is 4.67. The van der Waals surface area contributed by atoms with Crippen LogP contribution in [0.25, 0.3) is 0 Å². The molecule has 3 aromatic rings. The first-order chi connectivity index (χ1) is 17.6. The molecule has 6 heteroatoms. The molecule has 190 valence electrons. The van der Waals surface area contributed by atoms with Gasteiger partial charge in [-0.05, 0) is 23.6 Å². The van der Waals surface area contributed by atoms with E-state index in [-0.39, 0.29) is 24.2 Å². The molecule has 1 aliphatic heterocycles. The Morgan fingerprint density at radius 2 is 1.22 bits per heavy atom. The van der Waals surface area contributed by atoms with Crippen molar-refractivity contribution in [2.24, 2.45) is 0 Å². The van der Waals surface area contributed by atoms with Crippen molar-refractivity contribution in [1.29, 1.82) is 0 Å². The molecular weight excluding hydrogens is 454 g/mol. The third kappa shape index (κ3) is 7.48. The van der Waals surface area contributed by atoms with Crippen LogP contribution < -0.4 is 5.32 Å². The topological polar surface area (TPSA) is 66.0 Å². The van der Waals surface area contributed by atoms with E-state index < -0.39 is 12.2 Å². The Bertz CT molecular complexity index is 1050. The fraction of sp³-hybridized carbons (Fsp3) is 0.367. The largest absolute Gasteiger partial charge is 0.374 e. The van der Waals surface area contributed by atoms with E-state index in [4.69, 9.17) is 18.9 Å². The van der Waals surface area contributed by atoms with Crippen LogP contribution in [0.15, 0.2) is 91.0 Å². The van der Waals surface area contributed by atoms with Gasteiger partial charge in [0, 0.05) is 6.92 Å². The fourth-order valence-corrected chi connectivity index (χ4v) is 4.49. The monoisotopic (exact) mass is 489 g/mol. The van der Waals surface area contributed by atoms with E-state index >= 15 is 0 Å². The van der Waals surface area contributed by atoms with Crippen molar-refractivity contribution in [3.63, 3.8) is 0 Å². The highest BCUT2D eigenvalue weighted by molar-refractivity contribution is 5.73. The zero-order valence-corrected chi connectivity index (χ0v) is 20.9. The number of carbonyl (C=O) groups excluding carboxylic acids is 1. The van der Waals surface area contributed by atoms with Crippen molar-refractivity contribution >= 4 is 5.91 Å². The molecule has 1 fully saturated rings. The molecule has 0 bridgehead atoms. The van der Waals surface area contributed by atoms with Gasteiger partial charge in [0.15, 0.2) is 0 Å². The summed E-state index contributed by atoms with van der Waals surface area (Å²) in [5.74, 6) is -0.135. The average Bonchev–Trinajstić information content (AvgIpc) is 2.90. The third-order valence-electron chi connectivity index (χ3n) is 6.27. The van der Waals surface area contributed by atoms with Gasteiger partial charge in [-0.3, -0.25) is 4.79 Å². The normalized spacial score (nSPS) is 23.8. The second-order valence-corrected chi connectivity index (χ2v) is 9.13. The van der Waals surface area contributed by atoms with Crippen molar-refractivity contribution in [2.75, 3.05) is 6.61 Å². The van der Waals surface area contributed by atoms with Gasteiger partial charge in [-0.1, -0.05) is 91.0 Å². The van der Waals surface area contributed by atoms with Crippen LogP contribution in [0.2, 0.25) is 0 Å². The fourth-order valence-electron chi connectivity index (χ4n) is 4.49. The zero-order valence-electron chi connectivity index (χ0n) is 20.9. The molecule has 6 nitrogen and oxygen atoms in total. The minimum absolute atomic E-state index is 0.135. The third-order valence-corrected chi connectivity index (χ3v) is 6.27. The Kier molecular flexibility index (Phi) is 9.64. The van der Waals surface area contributed by atoms with Crippen LogP contribution in [0.5, 0.6) is 0 Å². The summed E-state index contributed by atoms with van der Waals surface area (Å²) in [7, 11) is 0. The standard InChI is InChI=1S/C30H35NO5/c1-22-28(31-23(2)32)30(35-20-26-16-10-5-11-17-26)29(34-19-25-14-8-4-9-15-25)27(36-22)21-33-18-24-12-6-3-7-13-24/h3-17,22,27-30H,18-21H2,1-2H3,(H,31,32)/t22-,27?,28?,29-,30-/m0/s1. The minimum Gasteiger partial charge on any atom is -0.374 e. The van der Waals surface area contributed by atoms with E-state index in [0.717, 1.165) is 16.7 Å². The number of nitrogens with one attached hydrogen (secondary N) is 1. The molecule has 1 saturated heterocycles. The van der Waals surface area contributed by atoms with Gasteiger partial charge in [-0.2, -0.15) is 0 Å². The van der Waals surface area contributed by atoms with Crippen LogP contribution in [0.4, 0.5) is 0 Å². The Morgan fingerprint density at radius 1 is 0.750 bits per heavy atom. The Morgan fingerprint density at radius 3 is 1.72 bits per heavy atom. The van der Waals surface area contributed by atoms with Gasteiger partial charge in [-0.25, -0.2) is 0 Å². The first kappa shape index (κ1) is 26.0. The molecule has 0 saturated carbocycles. The Hall–Kier alpha value is -3.03. The lowest BCUT2D eigenvalue weighted by Crippen LogP contribution is -2.64. The molecule has 1 amide bonds. The summed E-state index contributed by atoms with van der Waals surface area (Å²) in [5, 5.41) is 3.04. The number of rotatable bonds is 11. The van der Waals surface area contributed by atoms with Gasteiger partial charge < -0.3 is 24.3 Å². The first-order valence-corrected chi connectivity index (χ1v) is 12.5. The lowest BCUT2D eigenvalue weighted by Gasteiger charge is -2.45. The smallest absolute Gasteiger partial charge is 0.217 e. The maximum atomic E-state index is 12.1. The van der Waals surface area contributed by atoms with Crippen molar-refractivity contribution in [1.82, 2.24) is 5.32 Å². The molecule has 0 aromatic heterocycles. The van der Waals surface area contributed by atoms with Gasteiger partial charge in [0.1, 0.15) is 18.3 Å². The predicted molar refractivity (Wildman–Crippen MR) is 138 cm³/mol. The van der Waals surface area contributed by atoms with E-state index in [2.05, 4.69) is 5.32 Å². The SMILES string of the molecule is CC(=O)NC1[C@H](C)OC(COCc2ccccc2)[C@H](OCc2ccccc2)[C@H]1OCc1ccccc1. The number of hydrogen-bond donors (Lipinski definition) is 1. The van der Waals surface area contributed by atoms with Crippen molar-refractivity contribution in [3.8, 4) is 0 Å². The quantitative estimate of drug-likeness (QED) is 0.424. The molecule has 1 aliphatic rings. The maximum absolute atomic E-state index is 12.1. The number of hydrogen-bond acceptors (Lipinski definition) is 5. The van der Waals surface area contributed by atoms with Crippen LogP contribution in [-0.4, -0.2) is 43.0 Å². The number of ether oxygens (including phenoxy) is 4. The summed E-state index contributed by atoms with van der Waals surface area (Å²) in [5.41, 5.74) is 3.20. The molecule has 0 radical (unpaired) electrons. The summed E-state index contributed by atoms with van der Waals surface area (Å²) in [6.07, 6.45) is -1.51. The van der Waals surface area contributed by atoms with Gasteiger partial charge in [-0.15, -0.1) is 0 Å². The second kappa shape index (κ2) is 13.3. The Balaban J connectivity index is 1.53. The highest BCUT2D eigenvalue weighted by atomic mass is 16.6. The molecule has 1 heterocycles. The van der Waals surface area contributed by atoms with Gasteiger partial charge >= 0.3 is 0 Å². The first-order valence-electron chi connectivity index (χ1n) is 12.5. The van der Waals surface area contributed by atoms with Crippen LogP contribution >= 0.6 is 0 Å². The summed E-state index contributed by atoms with van der Waals surface area (Å²) in [6, 6.07) is 29.7. The van der Waals surface area contributed by atoms with Crippen LogP contribution in [0.3, 0.4) is 0 Å². The number of amides is 1. The van der Waals surface area contributed by atoms with E-state index in [1.807, 2.05) is 97.9 Å². The number of carbonyl (C=O) groups is 1. The molecular formula is C30H35NO5. The van der Waals surface area contributed by atoms with Crippen LogP contribution in [-0.2, 0) is 43.6 Å². The molecule has 0 aliphatic carbocycles. The molecule has 4 rings (SSSR count). The van der Waals surface area contributed by atoms with E-state index in [0.29, 0.717) is 26.4 Å². The molecule has 0 spiro atoms. The van der Waals surface area contributed by atoms with Crippen molar-refractivity contribution in [3.05, 3.63) is 108 Å². The summed E-state index contributed by atoms with van der Waals surface area (Å²) >= 11 is 0. The lowest BCUT2D eigenvalue weighted by molar-refractivity contribution is -0.229. The molecule has 3 aromatic carbocycles. The second-order valence-electron chi connectivity index (χ2n) is 9.13. The average molecular weight is 490 g/mol. The highest BCUT2D eigenvalue weighted by Crippen LogP contribution is 2.28. The maximum Gasteiger partial charge on any atom is 0.217 e. The highest BCUT2D eigenvalue weighted by Gasteiger charge is 2.46. The Labute approximate surface area is 213 Å². The molecule has 5 atom stereocenters. The van der Waals surface area contributed by atoms with Gasteiger partial charge in [0.05, 0.1) is 38.6 Å². The zero-order chi connectivity index (χ0) is 25.2. The van der Waals surface area contributed by atoms with Crippen LogP contribution in [0, 0.1) is 0 Å². The van der Waals surface area contributed by atoms with Gasteiger partial charge in [0.25, 0.3) is 0 Å². The summed E-state index contributed by atoms with van der Waals surface area (Å²) < 4.78 is 25.4. The van der Waals surface area contributed by atoms with Crippen molar-refractivity contribution in [2.45, 2.75) is 64.1 Å². The minimum atomic E-state index is -0.447. The number of benzene rings is 3. The van der Waals surface area contributed by atoms with Crippen LogP contribution in [0.1, 0.15) is 30.5 Å². The molecule has 36 heavy (non-hydrogen) atoms. The van der Waals surface area contributed by atoms with E-state index in [1.165, 1.54) is 6.92 Å². The van der Waals surface area contributed by atoms with Crippen molar-refractivity contribution < 1.29 is 23.7 Å². The summed E-state index contributed by atoms with van der Waals surface area (Å²) in [4.78, 5) is 12.1. The molecule has 1 N–H and O–H groups in total. The lowest BCUT2D eigenvalue weighted by atomic mass is 9.92. The molecule has 2 unspecified atom stereocenters. The van der Waals surface area contributed by atoms with Gasteiger partial charge in [0.2, 0.25) is 5.91 Å². The van der Waals surface area contributed by atoms with E-state index in [1.54, 1.807) is 0 Å².